The number of benzene rings is 1. The minimum absolute atomic E-state index is 0.313. The molecule has 0 saturated heterocycles. The highest BCUT2D eigenvalue weighted by Crippen LogP contribution is 2.22. The number of nitrogens with one attached hydrogen (secondary N) is 3. The Morgan fingerprint density at radius 1 is 1.32 bits per heavy atom. The van der Waals surface area contributed by atoms with Crippen molar-refractivity contribution in [3.8, 4) is 0 Å². The smallest absolute Gasteiger partial charge is 0.319 e. The third-order valence-corrected chi connectivity index (χ3v) is 3.37. The van der Waals surface area contributed by atoms with Gasteiger partial charge in [0.05, 0.1) is 18.6 Å². The Kier molecular flexibility index (Phi) is 4.11. The molecule has 3 rings (SSSR count). The third kappa shape index (κ3) is 2.96. The van der Waals surface area contributed by atoms with Gasteiger partial charge in [-0.3, -0.25) is 0 Å². The van der Waals surface area contributed by atoms with Gasteiger partial charge in [-0.2, -0.15) is 0 Å². The van der Waals surface area contributed by atoms with Gasteiger partial charge in [-0.05, 0) is 30.3 Å². The van der Waals surface area contributed by atoms with Crippen LogP contribution < -0.4 is 10.6 Å². The standard InChI is InChI=1S/C16H17N3O3/c1-21-10-14(15-6-3-9-22-15)19-16(20)18-13-5-2-4-12-11(13)7-8-17-12/h2-9,14,17H,10H2,1H3,(H2,18,19,20)/t14-/m0/s1. The van der Waals surface area contributed by atoms with Crippen molar-refractivity contribution in [3.05, 3.63) is 54.6 Å². The van der Waals surface area contributed by atoms with E-state index in [4.69, 9.17) is 9.15 Å². The van der Waals surface area contributed by atoms with E-state index in [1.54, 1.807) is 25.5 Å². The first-order chi connectivity index (χ1) is 10.8. The number of aromatic amines is 1. The fourth-order valence-corrected chi connectivity index (χ4v) is 2.36. The quantitative estimate of drug-likeness (QED) is 0.676. The van der Waals surface area contributed by atoms with Crippen LogP contribution in [0.15, 0.2) is 53.3 Å². The monoisotopic (exact) mass is 299 g/mol. The van der Waals surface area contributed by atoms with Crippen molar-refractivity contribution in [2.45, 2.75) is 6.04 Å². The van der Waals surface area contributed by atoms with Gasteiger partial charge in [0.25, 0.3) is 0 Å². The molecule has 3 aromatic rings. The third-order valence-electron chi connectivity index (χ3n) is 3.37. The van der Waals surface area contributed by atoms with Crippen molar-refractivity contribution < 1.29 is 13.9 Å². The number of carbonyl (C=O) groups is 1. The molecular weight excluding hydrogens is 282 g/mol. The number of hydrogen-bond donors (Lipinski definition) is 3. The van der Waals surface area contributed by atoms with E-state index in [0.717, 1.165) is 16.6 Å². The number of methoxy groups -OCH3 is 1. The highest BCUT2D eigenvalue weighted by Gasteiger charge is 2.17. The number of aromatic nitrogens is 1. The largest absolute Gasteiger partial charge is 0.467 e. The number of ether oxygens (including phenoxy) is 1. The van der Waals surface area contributed by atoms with Crippen LogP contribution in [-0.4, -0.2) is 24.7 Å². The van der Waals surface area contributed by atoms with Crippen LogP contribution in [0.3, 0.4) is 0 Å². The number of amides is 2. The van der Waals surface area contributed by atoms with Crippen LogP contribution in [0.25, 0.3) is 10.9 Å². The molecule has 0 bridgehead atoms. The molecule has 0 unspecified atom stereocenters. The summed E-state index contributed by atoms with van der Waals surface area (Å²) in [5.41, 5.74) is 1.71. The lowest BCUT2D eigenvalue weighted by atomic mass is 10.2. The van der Waals surface area contributed by atoms with Crippen LogP contribution in [-0.2, 0) is 4.74 Å². The number of fused-ring (bicyclic) bond motifs is 1. The van der Waals surface area contributed by atoms with Crippen LogP contribution in [0, 0.1) is 0 Å². The lowest BCUT2D eigenvalue weighted by Gasteiger charge is -2.16. The summed E-state index contributed by atoms with van der Waals surface area (Å²) in [6, 6.07) is 10.5. The number of hydrogen-bond acceptors (Lipinski definition) is 3. The Balaban J connectivity index is 1.72. The highest BCUT2D eigenvalue weighted by atomic mass is 16.5. The number of urea groups is 1. The summed E-state index contributed by atoms with van der Waals surface area (Å²) in [5.74, 6) is 0.650. The van der Waals surface area contributed by atoms with Crippen molar-refractivity contribution in [1.82, 2.24) is 10.3 Å². The van der Waals surface area contributed by atoms with Gasteiger partial charge >= 0.3 is 6.03 Å². The predicted octanol–water partition coefficient (Wildman–Crippen LogP) is 3.27. The fraction of sp³-hybridized carbons (Fsp3) is 0.188. The number of carbonyl (C=O) groups excluding carboxylic acids is 1. The number of rotatable bonds is 5. The molecule has 0 saturated carbocycles. The van der Waals surface area contributed by atoms with Crippen molar-refractivity contribution in [1.29, 1.82) is 0 Å². The average Bonchev–Trinajstić information content (AvgIpc) is 3.18. The Bertz CT molecular complexity index is 749. The van der Waals surface area contributed by atoms with Crippen LogP contribution >= 0.6 is 0 Å². The summed E-state index contributed by atoms with van der Waals surface area (Å²) in [4.78, 5) is 15.3. The van der Waals surface area contributed by atoms with Crippen LogP contribution in [0.5, 0.6) is 0 Å². The van der Waals surface area contributed by atoms with Crippen molar-refractivity contribution >= 4 is 22.6 Å². The zero-order chi connectivity index (χ0) is 15.4. The van der Waals surface area contributed by atoms with E-state index >= 15 is 0 Å². The Morgan fingerprint density at radius 2 is 2.23 bits per heavy atom. The predicted molar refractivity (Wildman–Crippen MR) is 83.8 cm³/mol. The van der Waals surface area contributed by atoms with Gasteiger partial charge in [-0.1, -0.05) is 6.07 Å². The molecule has 0 aliphatic rings. The molecule has 1 aromatic carbocycles. The first-order valence-corrected chi connectivity index (χ1v) is 6.94. The lowest BCUT2D eigenvalue weighted by Crippen LogP contribution is -2.34. The normalized spacial score (nSPS) is 12.2. The molecule has 2 aromatic heterocycles. The van der Waals surface area contributed by atoms with E-state index in [2.05, 4.69) is 15.6 Å². The van der Waals surface area contributed by atoms with Gasteiger partial charge < -0.3 is 24.8 Å². The summed E-state index contributed by atoms with van der Waals surface area (Å²) in [6.07, 6.45) is 3.41. The maximum absolute atomic E-state index is 12.2. The molecule has 0 radical (unpaired) electrons. The van der Waals surface area contributed by atoms with Gasteiger partial charge in [0.15, 0.2) is 0 Å². The Labute approximate surface area is 127 Å². The minimum Gasteiger partial charge on any atom is -0.467 e. The van der Waals surface area contributed by atoms with Gasteiger partial charge in [0.2, 0.25) is 0 Å². The molecule has 6 heteroatoms. The van der Waals surface area contributed by atoms with E-state index in [1.807, 2.05) is 30.5 Å². The van der Waals surface area contributed by atoms with Gasteiger partial charge in [-0.25, -0.2) is 4.79 Å². The second-order valence-electron chi connectivity index (χ2n) is 4.87. The second kappa shape index (κ2) is 6.36. The van der Waals surface area contributed by atoms with Crippen LogP contribution in [0.4, 0.5) is 10.5 Å². The second-order valence-corrected chi connectivity index (χ2v) is 4.87. The first-order valence-electron chi connectivity index (χ1n) is 6.94. The van der Waals surface area contributed by atoms with Crippen molar-refractivity contribution in [3.63, 3.8) is 0 Å². The number of furan rings is 1. The molecule has 114 valence electrons. The minimum atomic E-state index is -0.342. The van der Waals surface area contributed by atoms with Gasteiger partial charge in [-0.15, -0.1) is 0 Å². The highest BCUT2D eigenvalue weighted by molar-refractivity contribution is 6.00. The van der Waals surface area contributed by atoms with Crippen LogP contribution in [0.2, 0.25) is 0 Å². The average molecular weight is 299 g/mol. The van der Waals surface area contributed by atoms with Gasteiger partial charge in [0.1, 0.15) is 11.8 Å². The van der Waals surface area contributed by atoms with E-state index in [0.29, 0.717) is 12.4 Å². The molecule has 0 spiro atoms. The number of anilines is 1. The zero-order valence-electron chi connectivity index (χ0n) is 12.1. The summed E-state index contributed by atoms with van der Waals surface area (Å²) in [5, 5.41) is 6.66. The molecule has 0 aliphatic heterocycles. The molecule has 1 atom stereocenters. The zero-order valence-corrected chi connectivity index (χ0v) is 12.1. The van der Waals surface area contributed by atoms with E-state index in [1.165, 1.54) is 0 Å². The maximum atomic E-state index is 12.2. The molecule has 2 heterocycles. The van der Waals surface area contributed by atoms with Crippen molar-refractivity contribution in [2.75, 3.05) is 19.0 Å². The van der Waals surface area contributed by atoms with Crippen molar-refractivity contribution in [2.24, 2.45) is 0 Å². The molecule has 0 aliphatic carbocycles. The molecule has 22 heavy (non-hydrogen) atoms. The molecule has 2 amide bonds. The topological polar surface area (TPSA) is 79.3 Å². The molecule has 6 nitrogen and oxygen atoms in total. The maximum Gasteiger partial charge on any atom is 0.319 e. The molecular formula is C16H17N3O3. The van der Waals surface area contributed by atoms with E-state index in [-0.39, 0.29) is 12.1 Å². The lowest BCUT2D eigenvalue weighted by molar-refractivity contribution is 0.159. The fourth-order valence-electron chi connectivity index (χ4n) is 2.36. The Morgan fingerprint density at radius 3 is 3.00 bits per heavy atom. The summed E-state index contributed by atoms with van der Waals surface area (Å²) < 4.78 is 10.5. The summed E-state index contributed by atoms with van der Waals surface area (Å²) >= 11 is 0. The van der Waals surface area contributed by atoms with E-state index in [9.17, 15) is 4.79 Å². The molecule has 0 fully saturated rings. The van der Waals surface area contributed by atoms with E-state index < -0.39 is 0 Å². The Hall–Kier alpha value is -2.73. The van der Waals surface area contributed by atoms with Gasteiger partial charge in [0, 0.05) is 24.2 Å². The van der Waals surface area contributed by atoms with Crippen LogP contribution in [0.1, 0.15) is 11.8 Å². The molecule has 3 N–H and O–H groups in total. The summed E-state index contributed by atoms with van der Waals surface area (Å²) in [7, 11) is 1.58. The summed E-state index contributed by atoms with van der Waals surface area (Å²) in [6.45, 7) is 0.329. The number of H-pyrrole nitrogens is 1. The SMILES string of the molecule is COC[C@H](NC(=O)Nc1cccc2[nH]ccc12)c1ccco1. The first kappa shape index (κ1) is 14.2.